The van der Waals surface area contributed by atoms with Gasteiger partial charge in [-0.3, -0.25) is 19.6 Å². The molecule has 0 aliphatic heterocycles. The topological polar surface area (TPSA) is 135 Å². The van der Waals surface area contributed by atoms with Crippen LogP contribution in [0.4, 0.5) is 11.4 Å². The van der Waals surface area contributed by atoms with Crippen LogP contribution in [0.15, 0.2) is 48.9 Å². The first kappa shape index (κ1) is 22.7. The summed E-state index contributed by atoms with van der Waals surface area (Å²) in [5.41, 5.74) is 2.64. The predicted molar refractivity (Wildman–Crippen MR) is 123 cm³/mol. The Bertz CT molecular complexity index is 1320. The number of ether oxygens (including phenoxy) is 1. The quantitative estimate of drug-likeness (QED) is 0.297. The molecule has 0 unspecified atom stereocenters. The van der Waals surface area contributed by atoms with Crippen LogP contribution in [0.3, 0.4) is 0 Å². The van der Waals surface area contributed by atoms with E-state index in [4.69, 9.17) is 4.74 Å². The van der Waals surface area contributed by atoms with Crippen LogP contribution in [0.2, 0.25) is 0 Å². The van der Waals surface area contributed by atoms with Crippen molar-refractivity contribution in [1.29, 1.82) is 0 Å². The number of carbonyl (C=O) groups excluding carboxylic acids is 1. The van der Waals surface area contributed by atoms with E-state index < -0.39 is 10.8 Å². The second-order valence-corrected chi connectivity index (χ2v) is 7.65. The summed E-state index contributed by atoms with van der Waals surface area (Å²) in [5, 5.41) is 26.5. The van der Waals surface area contributed by atoms with Gasteiger partial charge in [0.1, 0.15) is 23.8 Å². The molecule has 0 atom stereocenters. The molecule has 3 heterocycles. The highest BCUT2D eigenvalue weighted by atomic mass is 16.6. The zero-order valence-corrected chi connectivity index (χ0v) is 19.0. The molecular weight excluding hydrogens is 440 g/mol. The average molecular weight is 464 g/mol. The van der Waals surface area contributed by atoms with E-state index in [1.165, 1.54) is 21.1 Å². The standard InChI is InChI=1S/C22H24N8O4/c1-4-17-5-7-19(8-6-17)34-14-28-12-18(11-23-28)24-22(31)20-9-10-27(26-20)13-29-16(3)21(30(32)33)15(2)25-29/h5-12H,4,13-14H2,1-3H3,(H,24,31). The molecular formula is C22H24N8O4. The Morgan fingerprint density at radius 1 is 1.15 bits per heavy atom. The number of anilines is 1. The van der Waals surface area contributed by atoms with E-state index in [2.05, 4.69) is 27.5 Å². The van der Waals surface area contributed by atoms with Gasteiger partial charge < -0.3 is 10.1 Å². The van der Waals surface area contributed by atoms with Gasteiger partial charge in [0, 0.05) is 6.20 Å². The first-order valence-electron chi connectivity index (χ1n) is 10.6. The van der Waals surface area contributed by atoms with Crippen molar-refractivity contribution >= 4 is 17.3 Å². The summed E-state index contributed by atoms with van der Waals surface area (Å²) in [5.74, 6) is 0.325. The molecule has 0 aliphatic rings. The third kappa shape index (κ3) is 4.95. The molecule has 3 aromatic heterocycles. The van der Waals surface area contributed by atoms with Gasteiger partial charge in [0.2, 0.25) is 0 Å². The lowest BCUT2D eigenvalue weighted by molar-refractivity contribution is -0.386. The third-order valence-electron chi connectivity index (χ3n) is 5.26. The first-order valence-corrected chi connectivity index (χ1v) is 10.6. The maximum Gasteiger partial charge on any atom is 0.312 e. The molecule has 0 bridgehead atoms. The highest BCUT2D eigenvalue weighted by molar-refractivity contribution is 6.02. The molecule has 1 aromatic carbocycles. The lowest BCUT2D eigenvalue weighted by Crippen LogP contribution is -2.15. The lowest BCUT2D eigenvalue weighted by atomic mass is 10.2. The molecule has 4 aromatic rings. The van der Waals surface area contributed by atoms with Crippen LogP contribution in [0, 0.1) is 24.0 Å². The van der Waals surface area contributed by atoms with Crippen LogP contribution in [0.1, 0.15) is 34.4 Å². The minimum Gasteiger partial charge on any atom is -0.471 e. The van der Waals surface area contributed by atoms with E-state index in [0.29, 0.717) is 17.1 Å². The zero-order valence-electron chi connectivity index (χ0n) is 19.0. The molecule has 0 aliphatic carbocycles. The van der Waals surface area contributed by atoms with Crippen molar-refractivity contribution in [3.63, 3.8) is 0 Å². The molecule has 176 valence electrons. The van der Waals surface area contributed by atoms with Crippen molar-refractivity contribution < 1.29 is 14.5 Å². The summed E-state index contributed by atoms with van der Waals surface area (Å²) < 4.78 is 10.2. The number of aryl methyl sites for hydroxylation is 2. The molecule has 0 saturated carbocycles. The smallest absolute Gasteiger partial charge is 0.312 e. The number of nitrogens with one attached hydrogen (secondary N) is 1. The minimum absolute atomic E-state index is 0.0240. The van der Waals surface area contributed by atoms with Crippen LogP contribution in [-0.2, 0) is 19.8 Å². The Labute approximate surface area is 194 Å². The molecule has 12 heteroatoms. The Morgan fingerprint density at radius 2 is 1.91 bits per heavy atom. The molecule has 34 heavy (non-hydrogen) atoms. The number of aromatic nitrogens is 6. The van der Waals surface area contributed by atoms with Gasteiger partial charge in [-0.2, -0.15) is 15.3 Å². The Balaban J connectivity index is 1.34. The van der Waals surface area contributed by atoms with E-state index in [0.717, 1.165) is 12.2 Å². The van der Waals surface area contributed by atoms with Crippen molar-refractivity contribution in [2.24, 2.45) is 0 Å². The molecule has 0 spiro atoms. The largest absolute Gasteiger partial charge is 0.471 e. The number of hydrogen-bond acceptors (Lipinski definition) is 7. The average Bonchev–Trinajstić information content (AvgIpc) is 3.52. The highest BCUT2D eigenvalue weighted by Gasteiger charge is 2.22. The monoisotopic (exact) mass is 464 g/mol. The van der Waals surface area contributed by atoms with E-state index in [1.807, 2.05) is 24.3 Å². The van der Waals surface area contributed by atoms with Gasteiger partial charge in [-0.25, -0.2) is 9.36 Å². The van der Waals surface area contributed by atoms with E-state index >= 15 is 0 Å². The van der Waals surface area contributed by atoms with Gasteiger partial charge in [0.05, 0.1) is 23.0 Å². The van der Waals surface area contributed by atoms with Crippen molar-refractivity contribution in [2.45, 2.75) is 40.6 Å². The fourth-order valence-electron chi connectivity index (χ4n) is 3.44. The maximum atomic E-state index is 12.6. The summed E-state index contributed by atoms with van der Waals surface area (Å²) in [6.45, 7) is 5.63. The van der Waals surface area contributed by atoms with E-state index in [1.54, 1.807) is 37.0 Å². The Morgan fingerprint density at radius 3 is 2.59 bits per heavy atom. The van der Waals surface area contributed by atoms with Crippen molar-refractivity contribution in [3.8, 4) is 5.75 Å². The number of amides is 1. The summed E-state index contributed by atoms with van der Waals surface area (Å²) in [6.07, 6.45) is 5.75. The second kappa shape index (κ2) is 9.57. The van der Waals surface area contributed by atoms with E-state index in [-0.39, 0.29) is 24.8 Å². The molecule has 12 nitrogen and oxygen atoms in total. The zero-order chi connectivity index (χ0) is 24.2. The third-order valence-corrected chi connectivity index (χ3v) is 5.26. The Kier molecular flexibility index (Phi) is 6.39. The number of nitrogens with zero attached hydrogens (tertiary/aromatic N) is 7. The van der Waals surface area contributed by atoms with Gasteiger partial charge in [0.15, 0.2) is 12.4 Å². The van der Waals surface area contributed by atoms with Crippen molar-refractivity contribution in [2.75, 3.05) is 5.32 Å². The van der Waals surface area contributed by atoms with Gasteiger partial charge in [0.25, 0.3) is 5.91 Å². The van der Waals surface area contributed by atoms with Crippen LogP contribution in [0.25, 0.3) is 0 Å². The molecule has 1 N–H and O–H groups in total. The number of benzene rings is 1. The highest BCUT2D eigenvalue weighted by Crippen LogP contribution is 2.21. The van der Waals surface area contributed by atoms with Gasteiger partial charge >= 0.3 is 5.69 Å². The summed E-state index contributed by atoms with van der Waals surface area (Å²) in [6, 6.07) is 9.40. The molecule has 0 radical (unpaired) electrons. The fourth-order valence-corrected chi connectivity index (χ4v) is 3.44. The molecule has 0 saturated heterocycles. The summed E-state index contributed by atoms with van der Waals surface area (Å²) in [7, 11) is 0. The fraction of sp³-hybridized carbons (Fsp3) is 0.273. The number of rotatable bonds is 9. The molecule has 4 rings (SSSR count). The van der Waals surface area contributed by atoms with E-state index in [9.17, 15) is 14.9 Å². The van der Waals surface area contributed by atoms with Gasteiger partial charge in [-0.1, -0.05) is 19.1 Å². The first-order chi connectivity index (χ1) is 16.3. The Hall–Kier alpha value is -4.48. The van der Waals surface area contributed by atoms with Crippen LogP contribution >= 0.6 is 0 Å². The predicted octanol–water partition coefficient (Wildman–Crippen LogP) is 3.16. The summed E-state index contributed by atoms with van der Waals surface area (Å²) in [4.78, 5) is 23.3. The molecule has 0 fully saturated rings. The minimum atomic E-state index is -0.455. The number of carbonyl (C=O) groups is 1. The van der Waals surface area contributed by atoms with Gasteiger partial charge in [-0.05, 0) is 44.0 Å². The molecule has 1 amide bonds. The van der Waals surface area contributed by atoms with Crippen molar-refractivity contribution in [1.82, 2.24) is 29.3 Å². The van der Waals surface area contributed by atoms with Crippen LogP contribution < -0.4 is 10.1 Å². The van der Waals surface area contributed by atoms with Crippen LogP contribution in [0.5, 0.6) is 5.75 Å². The normalized spacial score (nSPS) is 10.9. The van der Waals surface area contributed by atoms with Crippen LogP contribution in [-0.4, -0.2) is 40.2 Å². The SMILES string of the molecule is CCc1ccc(OCn2cc(NC(=O)c3ccn(Cn4nc(C)c([N+](=O)[O-])c4C)n3)cn2)cc1. The summed E-state index contributed by atoms with van der Waals surface area (Å²) >= 11 is 0. The lowest BCUT2D eigenvalue weighted by Gasteiger charge is -2.06. The van der Waals surface area contributed by atoms with Gasteiger partial charge in [-0.15, -0.1) is 0 Å². The van der Waals surface area contributed by atoms with Crippen molar-refractivity contribution in [3.05, 3.63) is 81.7 Å². The number of nitro groups is 1. The second-order valence-electron chi connectivity index (χ2n) is 7.65. The number of hydrogen-bond donors (Lipinski definition) is 1. The maximum absolute atomic E-state index is 12.6.